The van der Waals surface area contributed by atoms with E-state index in [2.05, 4.69) is 4.90 Å². The Morgan fingerprint density at radius 1 is 1.38 bits per heavy atom. The maximum atomic E-state index is 12.2. The lowest BCUT2D eigenvalue weighted by atomic mass is 10.3. The summed E-state index contributed by atoms with van der Waals surface area (Å²) in [5, 5.41) is 8.97. The molecule has 1 aliphatic rings. The number of carbonyl (C=O) groups is 1. The van der Waals surface area contributed by atoms with Crippen molar-refractivity contribution in [2.45, 2.75) is 13.5 Å². The Balaban J connectivity index is 1.73. The zero-order chi connectivity index (χ0) is 15.1. The second-order valence-electron chi connectivity index (χ2n) is 5.33. The number of likely N-dealkylation sites (N-methyl/N-ethyl adjacent to an activating group) is 1. The average Bonchev–Trinajstić information content (AvgIpc) is 3.00. The van der Waals surface area contributed by atoms with Gasteiger partial charge in [-0.05, 0) is 18.7 Å². The zero-order valence-electron chi connectivity index (χ0n) is 12.7. The molecular weight excluding hydrogens is 270 g/mol. The first kappa shape index (κ1) is 16.0. The van der Waals surface area contributed by atoms with Gasteiger partial charge in [-0.3, -0.25) is 14.6 Å². The summed E-state index contributed by atoms with van der Waals surface area (Å²) >= 11 is 0. The van der Waals surface area contributed by atoms with Crippen molar-refractivity contribution in [3.8, 4) is 0 Å². The predicted octanol–water partition coefficient (Wildman–Crippen LogP) is 0.238. The number of amides is 1. The molecule has 1 saturated heterocycles. The predicted molar refractivity (Wildman–Crippen MR) is 79.8 cm³/mol. The molecule has 0 bridgehead atoms. The van der Waals surface area contributed by atoms with Crippen LogP contribution in [0.25, 0.3) is 0 Å². The molecule has 1 fully saturated rings. The van der Waals surface area contributed by atoms with E-state index in [1.807, 2.05) is 28.9 Å². The molecule has 0 spiro atoms. The van der Waals surface area contributed by atoms with Crippen molar-refractivity contribution in [3.05, 3.63) is 24.2 Å². The Morgan fingerprint density at radius 3 is 2.71 bits per heavy atom. The van der Waals surface area contributed by atoms with Gasteiger partial charge in [0.05, 0.1) is 26.0 Å². The summed E-state index contributed by atoms with van der Waals surface area (Å²) in [6, 6.07) is 3.88. The van der Waals surface area contributed by atoms with Crippen molar-refractivity contribution in [1.82, 2.24) is 14.7 Å². The van der Waals surface area contributed by atoms with Crippen molar-refractivity contribution < 1.29 is 14.3 Å². The van der Waals surface area contributed by atoms with Crippen LogP contribution in [0.3, 0.4) is 0 Å². The Labute approximate surface area is 125 Å². The summed E-state index contributed by atoms with van der Waals surface area (Å²) in [5.41, 5.74) is 0. The van der Waals surface area contributed by atoms with Crippen LogP contribution in [0.5, 0.6) is 0 Å². The van der Waals surface area contributed by atoms with E-state index >= 15 is 0 Å². The molecule has 0 atom stereocenters. The van der Waals surface area contributed by atoms with Gasteiger partial charge in [0.15, 0.2) is 0 Å². The van der Waals surface area contributed by atoms with Gasteiger partial charge in [0.25, 0.3) is 0 Å². The number of carbonyl (C=O) groups excluding carboxylic acids is 1. The smallest absolute Gasteiger partial charge is 0.236 e. The van der Waals surface area contributed by atoms with Crippen molar-refractivity contribution in [1.29, 1.82) is 0 Å². The number of rotatable bonds is 7. The second-order valence-corrected chi connectivity index (χ2v) is 5.33. The minimum absolute atomic E-state index is 0.0953. The monoisotopic (exact) mass is 295 g/mol. The van der Waals surface area contributed by atoms with Crippen LogP contribution in [0.1, 0.15) is 12.7 Å². The molecule has 0 unspecified atom stereocenters. The molecule has 0 aromatic carbocycles. The standard InChI is InChI=1S/C15H25N3O3/c1-2-16(9-10-19)13-15(20)18-7-5-17(6-8-18)12-14-4-3-11-21-14/h3-4,11,19H,2,5-10,12-13H2,1H3. The van der Waals surface area contributed by atoms with Crippen LogP contribution in [0.4, 0.5) is 0 Å². The van der Waals surface area contributed by atoms with Gasteiger partial charge in [-0.25, -0.2) is 0 Å². The molecule has 1 aromatic rings. The zero-order valence-corrected chi connectivity index (χ0v) is 12.7. The molecule has 6 heteroatoms. The van der Waals surface area contributed by atoms with Crippen molar-refractivity contribution >= 4 is 5.91 Å². The largest absolute Gasteiger partial charge is 0.468 e. The van der Waals surface area contributed by atoms with Crippen LogP contribution in [0.15, 0.2) is 22.8 Å². The molecule has 2 rings (SSSR count). The highest BCUT2D eigenvalue weighted by atomic mass is 16.3. The third kappa shape index (κ3) is 4.84. The quantitative estimate of drug-likeness (QED) is 0.781. The SMILES string of the molecule is CCN(CCO)CC(=O)N1CCN(Cc2ccco2)CC1. The number of aliphatic hydroxyl groups excluding tert-OH is 1. The molecule has 0 aliphatic carbocycles. The van der Waals surface area contributed by atoms with E-state index < -0.39 is 0 Å². The number of nitrogens with zero attached hydrogens (tertiary/aromatic N) is 3. The number of hydrogen-bond donors (Lipinski definition) is 1. The first-order valence-electron chi connectivity index (χ1n) is 7.58. The number of hydrogen-bond acceptors (Lipinski definition) is 5. The summed E-state index contributed by atoms with van der Waals surface area (Å²) in [6.45, 7) is 7.91. The fraction of sp³-hybridized carbons (Fsp3) is 0.667. The van der Waals surface area contributed by atoms with Gasteiger partial charge < -0.3 is 14.4 Å². The lowest BCUT2D eigenvalue weighted by molar-refractivity contribution is -0.134. The fourth-order valence-corrected chi connectivity index (χ4v) is 2.56. The molecule has 6 nitrogen and oxygen atoms in total. The highest BCUT2D eigenvalue weighted by Gasteiger charge is 2.22. The van der Waals surface area contributed by atoms with E-state index in [0.29, 0.717) is 13.1 Å². The Morgan fingerprint density at radius 2 is 2.14 bits per heavy atom. The maximum Gasteiger partial charge on any atom is 0.236 e. The molecule has 1 aliphatic heterocycles. The van der Waals surface area contributed by atoms with Gasteiger partial charge in [0, 0.05) is 32.7 Å². The van der Waals surface area contributed by atoms with Crippen molar-refractivity contribution in [2.24, 2.45) is 0 Å². The lowest BCUT2D eigenvalue weighted by Crippen LogP contribution is -2.51. The molecule has 2 heterocycles. The molecule has 118 valence electrons. The molecule has 1 amide bonds. The Kier molecular flexibility index (Phi) is 6.22. The third-order valence-electron chi connectivity index (χ3n) is 3.91. The molecule has 0 saturated carbocycles. The van der Waals surface area contributed by atoms with Gasteiger partial charge in [-0.2, -0.15) is 0 Å². The number of furan rings is 1. The van der Waals surface area contributed by atoms with Gasteiger partial charge in [0.2, 0.25) is 5.91 Å². The van der Waals surface area contributed by atoms with Gasteiger partial charge in [0.1, 0.15) is 5.76 Å². The summed E-state index contributed by atoms with van der Waals surface area (Å²) in [7, 11) is 0. The van der Waals surface area contributed by atoms with Crippen LogP contribution >= 0.6 is 0 Å². The highest BCUT2D eigenvalue weighted by Crippen LogP contribution is 2.09. The summed E-state index contributed by atoms with van der Waals surface area (Å²) in [5.74, 6) is 1.12. The van der Waals surface area contributed by atoms with Crippen LogP contribution < -0.4 is 0 Å². The fourth-order valence-electron chi connectivity index (χ4n) is 2.56. The normalized spacial score (nSPS) is 16.6. The van der Waals surface area contributed by atoms with E-state index in [1.54, 1.807) is 6.26 Å². The minimum Gasteiger partial charge on any atom is -0.468 e. The highest BCUT2D eigenvalue weighted by molar-refractivity contribution is 5.78. The molecular formula is C15H25N3O3. The third-order valence-corrected chi connectivity index (χ3v) is 3.91. The van der Waals surface area contributed by atoms with Crippen LogP contribution in [0, 0.1) is 0 Å². The van der Waals surface area contributed by atoms with Gasteiger partial charge >= 0.3 is 0 Å². The van der Waals surface area contributed by atoms with E-state index in [-0.39, 0.29) is 12.5 Å². The molecule has 1 N–H and O–H groups in total. The summed E-state index contributed by atoms with van der Waals surface area (Å²) in [6.07, 6.45) is 1.69. The first-order valence-corrected chi connectivity index (χ1v) is 7.58. The van der Waals surface area contributed by atoms with E-state index in [4.69, 9.17) is 9.52 Å². The average molecular weight is 295 g/mol. The molecule has 1 aromatic heterocycles. The molecule has 21 heavy (non-hydrogen) atoms. The maximum absolute atomic E-state index is 12.2. The van der Waals surface area contributed by atoms with Crippen molar-refractivity contribution in [2.75, 3.05) is 52.4 Å². The van der Waals surface area contributed by atoms with E-state index in [0.717, 1.165) is 45.0 Å². The number of aliphatic hydroxyl groups is 1. The second kappa shape index (κ2) is 8.17. The summed E-state index contributed by atoms with van der Waals surface area (Å²) in [4.78, 5) is 18.4. The van der Waals surface area contributed by atoms with Crippen molar-refractivity contribution in [3.63, 3.8) is 0 Å². The van der Waals surface area contributed by atoms with Crippen LogP contribution in [0.2, 0.25) is 0 Å². The van der Waals surface area contributed by atoms with Crippen LogP contribution in [-0.4, -0.2) is 78.1 Å². The lowest BCUT2D eigenvalue weighted by Gasteiger charge is -2.35. The van der Waals surface area contributed by atoms with Gasteiger partial charge in [-0.1, -0.05) is 6.92 Å². The first-order chi connectivity index (χ1) is 10.2. The molecule has 0 radical (unpaired) electrons. The topological polar surface area (TPSA) is 60.2 Å². The van der Waals surface area contributed by atoms with Gasteiger partial charge in [-0.15, -0.1) is 0 Å². The minimum atomic E-state index is 0.0953. The van der Waals surface area contributed by atoms with Crippen LogP contribution in [-0.2, 0) is 11.3 Å². The Hall–Kier alpha value is -1.37. The number of piperazine rings is 1. The Bertz CT molecular complexity index is 414. The van der Waals surface area contributed by atoms with E-state index in [9.17, 15) is 4.79 Å². The summed E-state index contributed by atoms with van der Waals surface area (Å²) < 4.78 is 5.35. The van der Waals surface area contributed by atoms with E-state index in [1.165, 1.54) is 0 Å².